The second kappa shape index (κ2) is 7.59. The Balaban J connectivity index is 1.79. The minimum absolute atomic E-state index is 0.287. The molecule has 0 unspecified atom stereocenters. The molecule has 0 atom stereocenters. The molecule has 0 aliphatic rings. The van der Waals surface area contributed by atoms with Crippen molar-refractivity contribution in [2.24, 2.45) is 0 Å². The molecule has 2 heterocycles. The molecule has 0 aliphatic carbocycles. The second-order valence-electron chi connectivity index (χ2n) is 5.40. The van der Waals surface area contributed by atoms with Crippen LogP contribution in [0.15, 0.2) is 34.8 Å². The first-order valence-electron chi connectivity index (χ1n) is 7.63. The quantitative estimate of drug-likeness (QED) is 0.598. The first-order chi connectivity index (χ1) is 12.0. The molecule has 25 heavy (non-hydrogen) atoms. The Morgan fingerprint density at radius 3 is 2.60 bits per heavy atom. The van der Waals surface area contributed by atoms with Crippen LogP contribution in [-0.4, -0.2) is 25.8 Å². The van der Waals surface area contributed by atoms with Crippen LogP contribution >= 0.6 is 34.7 Å². The summed E-state index contributed by atoms with van der Waals surface area (Å²) in [5, 5.41) is 21.1. The lowest BCUT2D eigenvalue weighted by molar-refractivity contribution is 0.0697. The first kappa shape index (κ1) is 18.0. The zero-order valence-corrected chi connectivity index (χ0v) is 16.1. The van der Waals surface area contributed by atoms with E-state index in [2.05, 4.69) is 10.2 Å². The van der Waals surface area contributed by atoms with E-state index in [0.717, 1.165) is 38.6 Å². The van der Waals surface area contributed by atoms with E-state index in [0.29, 0.717) is 5.75 Å². The maximum absolute atomic E-state index is 10.9. The summed E-state index contributed by atoms with van der Waals surface area (Å²) >= 11 is 9.51. The van der Waals surface area contributed by atoms with E-state index in [-0.39, 0.29) is 5.56 Å². The number of carboxylic acid groups (broad SMARTS) is 1. The van der Waals surface area contributed by atoms with Crippen LogP contribution in [0.1, 0.15) is 28.4 Å². The van der Waals surface area contributed by atoms with Crippen LogP contribution in [-0.2, 0) is 12.3 Å². The van der Waals surface area contributed by atoms with Gasteiger partial charge < -0.3 is 9.67 Å². The lowest BCUT2D eigenvalue weighted by Gasteiger charge is -2.07. The minimum Gasteiger partial charge on any atom is -0.478 e. The summed E-state index contributed by atoms with van der Waals surface area (Å²) in [6.45, 7) is 4.77. The van der Waals surface area contributed by atoms with E-state index in [9.17, 15) is 4.79 Å². The van der Waals surface area contributed by atoms with Gasteiger partial charge >= 0.3 is 5.97 Å². The van der Waals surface area contributed by atoms with Crippen molar-refractivity contribution < 1.29 is 9.90 Å². The summed E-state index contributed by atoms with van der Waals surface area (Å²) in [6, 6.07) is 6.87. The molecule has 1 N–H and O–H groups in total. The smallest absolute Gasteiger partial charge is 0.335 e. The number of nitrogens with zero attached hydrogens (tertiary/aromatic N) is 3. The average molecular weight is 394 g/mol. The van der Waals surface area contributed by atoms with Gasteiger partial charge in [-0.15, -0.1) is 21.5 Å². The molecule has 1 aromatic carbocycles. The highest BCUT2D eigenvalue weighted by atomic mass is 35.5. The van der Waals surface area contributed by atoms with Crippen molar-refractivity contribution >= 4 is 40.7 Å². The summed E-state index contributed by atoms with van der Waals surface area (Å²) in [5.74, 6) is 0.557. The van der Waals surface area contributed by atoms with Gasteiger partial charge in [-0.25, -0.2) is 4.79 Å². The fourth-order valence-electron chi connectivity index (χ4n) is 2.32. The maximum atomic E-state index is 10.9. The topological polar surface area (TPSA) is 68.0 Å². The molecule has 0 spiro atoms. The Kier molecular flexibility index (Phi) is 5.46. The molecule has 3 rings (SSSR count). The van der Waals surface area contributed by atoms with Gasteiger partial charge in [-0.3, -0.25) is 0 Å². The van der Waals surface area contributed by atoms with Crippen molar-refractivity contribution in [2.75, 3.05) is 0 Å². The van der Waals surface area contributed by atoms with Crippen molar-refractivity contribution in [3.05, 3.63) is 51.4 Å². The van der Waals surface area contributed by atoms with Gasteiger partial charge in [0.25, 0.3) is 0 Å². The molecule has 0 saturated heterocycles. The van der Waals surface area contributed by atoms with Crippen molar-refractivity contribution in [1.29, 1.82) is 0 Å². The molecule has 0 aliphatic heterocycles. The normalized spacial score (nSPS) is 11.0. The summed E-state index contributed by atoms with van der Waals surface area (Å²) in [5.41, 5.74) is 2.36. The van der Waals surface area contributed by atoms with Crippen LogP contribution in [0.25, 0.3) is 10.7 Å². The monoisotopic (exact) mass is 393 g/mol. The van der Waals surface area contributed by atoms with Crippen LogP contribution in [0.4, 0.5) is 0 Å². The molecular weight excluding hydrogens is 378 g/mol. The number of thioether (sulfide) groups is 1. The molecule has 5 nitrogen and oxygen atoms in total. The van der Waals surface area contributed by atoms with Gasteiger partial charge in [-0.05, 0) is 42.5 Å². The zero-order valence-electron chi connectivity index (χ0n) is 13.7. The Hall–Kier alpha value is -1.83. The van der Waals surface area contributed by atoms with Gasteiger partial charge in [-0.2, -0.15) is 0 Å². The molecule has 2 aromatic heterocycles. The van der Waals surface area contributed by atoms with Gasteiger partial charge in [-0.1, -0.05) is 35.5 Å². The van der Waals surface area contributed by atoms with E-state index >= 15 is 0 Å². The molecule has 0 amide bonds. The summed E-state index contributed by atoms with van der Waals surface area (Å²) in [6.07, 6.45) is 0. The average Bonchev–Trinajstić information content (AvgIpc) is 3.16. The number of thiophene rings is 1. The molecule has 0 radical (unpaired) electrons. The van der Waals surface area contributed by atoms with Crippen LogP contribution in [0.5, 0.6) is 0 Å². The Morgan fingerprint density at radius 1 is 1.32 bits per heavy atom. The molecule has 0 fully saturated rings. The van der Waals surface area contributed by atoms with Crippen LogP contribution in [0, 0.1) is 6.92 Å². The predicted octanol–water partition coefficient (Wildman–Crippen LogP) is 4.98. The molecule has 3 aromatic rings. The number of aromatic carboxylic acids is 1. The summed E-state index contributed by atoms with van der Waals surface area (Å²) < 4.78 is 2.05. The maximum Gasteiger partial charge on any atom is 0.335 e. The number of aryl methyl sites for hydroxylation is 1. The van der Waals surface area contributed by atoms with Gasteiger partial charge in [0.15, 0.2) is 11.0 Å². The van der Waals surface area contributed by atoms with Crippen molar-refractivity contribution in [3.63, 3.8) is 0 Å². The third-order valence-electron chi connectivity index (χ3n) is 3.70. The zero-order chi connectivity index (χ0) is 18.0. The van der Waals surface area contributed by atoms with Gasteiger partial charge in [0.2, 0.25) is 0 Å². The molecule has 8 heteroatoms. The number of hydrogen-bond acceptors (Lipinski definition) is 5. The highest BCUT2D eigenvalue weighted by molar-refractivity contribution is 7.98. The molecule has 130 valence electrons. The Labute approximate surface area is 158 Å². The van der Waals surface area contributed by atoms with E-state index in [4.69, 9.17) is 16.7 Å². The SMILES string of the molecule is CCn1c(SCc2ccc(C(=O)O)cc2)nnc1-c1scc(C)c1Cl. The van der Waals surface area contributed by atoms with E-state index in [1.807, 2.05) is 35.9 Å². The van der Waals surface area contributed by atoms with Gasteiger partial charge in [0.1, 0.15) is 0 Å². The number of carbonyl (C=O) groups is 1. The number of rotatable bonds is 6. The standard InChI is InChI=1S/C17H16ClN3O2S2/c1-3-21-15(14-13(18)10(2)8-24-14)19-20-17(21)25-9-11-4-6-12(7-5-11)16(22)23/h4-8H,3,9H2,1-2H3,(H,22,23). The van der Waals surface area contributed by atoms with Crippen molar-refractivity contribution in [1.82, 2.24) is 14.8 Å². The number of aromatic nitrogens is 3. The molecular formula is C17H16ClN3O2S2. The molecule has 0 saturated carbocycles. The Morgan fingerprint density at radius 2 is 2.04 bits per heavy atom. The lowest BCUT2D eigenvalue weighted by atomic mass is 10.1. The van der Waals surface area contributed by atoms with Crippen LogP contribution in [0.2, 0.25) is 5.02 Å². The second-order valence-corrected chi connectivity index (χ2v) is 7.60. The minimum atomic E-state index is -0.919. The Bertz CT molecular complexity index is 903. The third-order valence-corrected chi connectivity index (χ3v) is 6.43. The van der Waals surface area contributed by atoms with E-state index < -0.39 is 5.97 Å². The van der Waals surface area contributed by atoms with E-state index in [1.54, 1.807) is 35.2 Å². The highest BCUT2D eigenvalue weighted by Crippen LogP contribution is 2.37. The lowest BCUT2D eigenvalue weighted by Crippen LogP contribution is -1.99. The van der Waals surface area contributed by atoms with Gasteiger partial charge in [0, 0.05) is 12.3 Å². The summed E-state index contributed by atoms with van der Waals surface area (Å²) in [7, 11) is 0. The first-order valence-corrected chi connectivity index (χ1v) is 9.87. The van der Waals surface area contributed by atoms with Crippen LogP contribution < -0.4 is 0 Å². The predicted molar refractivity (Wildman–Crippen MR) is 102 cm³/mol. The fraction of sp³-hybridized carbons (Fsp3) is 0.235. The highest BCUT2D eigenvalue weighted by Gasteiger charge is 2.18. The van der Waals surface area contributed by atoms with Crippen molar-refractivity contribution in [3.8, 4) is 10.7 Å². The number of carboxylic acids is 1. The number of benzene rings is 1. The van der Waals surface area contributed by atoms with Crippen LogP contribution in [0.3, 0.4) is 0 Å². The number of halogens is 1. The van der Waals surface area contributed by atoms with Crippen molar-refractivity contribution in [2.45, 2.75) is 31.3 Å². The molecule has 0 bridgehead atoms. The van der Waals surface area contributed by atoms with E-state index in [1.165, 1.54) is 0 Å². The number of hydrogen-bond donors (Lipinski definition) is 1. The third kappa shape index (κ3) is 3.73. The summed E-state index contributed by atoms with van der Waals surface area (Å²) in [4.78, 5) is 11.8. The van der Waals surface area contributed by atoms with Gasteiger partial charge in [0.05, 0.1) is 15.5 Å². The fourth-order valence-corrected chi connectivity index (χ4v) is 4.55. The largest absolute Gasteiger partial charge is 0.478 e.